The van der Waals surface area contributed by atoms with Crippen molar-refractivity contribution in [2.75, 3.05) is 0 Å². The van der Waals surface area contributed by atoms with E-state index in [0.29, 0.717) is 5.54 Å². The van der Waals surface area contributed by atoms with Crippen LogP contribution in [-0.4, -0.2) is 13.8 Å². The first-order chi connectivity index (χ1) is 10.6. The van der Waals surface area contributed by atoms with Crippen molar-refractivity contribution in [1.29, 1.82) is 0 Å². The van der Waals surface area contributed by atoms with E-state index in [1.54, 1.807) is 6.08 Å². The summed E-state index contributed by atoms with van der Waals surface area (Å²) in [5, 5.41) is 0. The van der Waals surface area contributed by atoms with Gasteiger partial charge in [0.2, 0.25) is 0 Å². The second-order valence-corrected chi connectivity index (χ2v) is 12.1. The predicted octanol–water partition coefficient (Wildman–Crippen LogP) is 6.07. The fourth-order valence-electron chi connectivity index (χ4n) is 3.61. The van der Waals surface area contributed by atoms with Crippen molar-refractivity contribution in [1.82, 2.24) is 4.98 Å². The van der Waals surface area contributed by atoms with Crippen LogP contribution >= 0.6 is 0 Å². The van der Waals surface area contributed by atoms with Crippen LogP contribution in [0.5, 0.6) is 0 Å². The summed E-state index contributed by atoms with van der Waals surface area (Å²) in [5.74, 6) is 0. The molecule has 24 heavy (non-hydrogen) atoms. The van der Waals surface area contributed by atoms with Crippen molar-refractivity contribution < 1.29 is 21.7 Å². The molecule has 1 aromatic carbocycles. The zero-order valence-electron chi connectivity index (χ0n) is 16.4. The molecule has 0 spiro atoms. The second kappa shape index (κ2) is 9.72. The molecule has 0 saturated heterocycles. The molecule has 1 nitrogen and oxygen atoms in total. The summed E-state index contributed by atoms with van der Waals surface area (Å²) < 4.78 is 0. The van der Waals surface area contributed by atoms with Gasteiger partial charge in [-0.2, -0.15) is 0 Å². The Hall–Kier alpha value is -0.669. The van der Waals surface area contributed by atoms with Crippen LogP contribution in [0.4, 0.5) is 0 Å². The summed E-state index contributed by atoms with van der Waals surface area (Å²) >= 11 is 0. The largest absolute Gasteiger partial charge is 2.00 e. The van der Waals surface area contributed by atoms with Gasteiger partial charge in [0.25, 0.3) is 0 Å². The quantitative estimate of drug-likeness (QED) is 0.500. The van der Waals surface area contributed by atoms with Crippen LogP contribution in [0.2, 0.25) is 13.1 Å². The predicted molar refractivity (Wildman–Crippen MR) is 108 cm³/mol. The number of nitrogens with one attached hydrogen (secondary N) is 1. The van der Waals surface area contributed by atoms with Crippen molar-refractivity contribution in [3.05, 3.63) is 65.8 Å². The first-order valence-corrected chi connectivity index (χ1v) is 11.5. The number of benzene rings is 1. The third-order valence-electron chi connectivity index (χ3n) is 3.89. The van der Waals surface area contributed by atoms with E-state index in [-0.39, 0.29) is 27.3 Å². The van der Waals surface area contributed by atoms with E-state index >= 15 is 0 Å². The molecule has 1 unspecified atom stereocenters. The number of hydrogen-bond acceptors (Lipinski definition) is 1. The SMILES string of the molecule is C=CC=CC.CC1=Cc2ccccc2C1[Si](C)(C)NC(C)(C)C.[Ti+2]. The number of fused-ring (bicyclic) bond motifs is 1. The van der Waals surface area contributed by atoms with E-state index < -0.39 is 8.24 Å². The molecule has 0 heterocycles. The maximum atomic E-state index is 3.91. The van der Waals surface area contributed by atoms with Crippen molar-refractivity contribution in [3.8, 4) is 0 Å². The van der Waals surface area contributed by atoms with Gasteiger partial charge in [-0.05, 0) is 45.7 Å². The van der Waals surface area contributed by atoms with Gasteiger partial charge in [0, 0.05) is 11.1 Å². The molecular formula is C21H33NSiTi+2. The van der Waals surface area contributed by atoms with Crippen LogP contribution in [0.1, 0.15) is 51.3 Å². The molecule has 1 aromatic rings. The van der Waals surface area contributed by atoms with Crippen LogP contribution in [0, 0.1) is 0 Å². The Morgan fingerprint density at radius 1 is 1.17 bits per heavy atom. The molecule has 0 aliphatic heterocycles. The Morgan fingerprint density at radius 3 is 2.21 bits per heavy atom. The molecule has 1 atom stereocenters. The standard InChI is InChI=1S/C16H25NSi.C5H8.Ti/c1-12-11-13-9-7-8-10-14(13)15(12)18(5,6)17-16(2,3)4;1-3-5-4-2;/h7-11,15,17H,1-6H3;3-5H,1H2,2H3;/q;;+2. The van der Waals surface area contributed by atoms with E-state index in [2.05, 4.69) is 82.7 Å². The Morgan fingerprint density at radius 2 is 1.75 bits per heavy atom. The molecule has 128 valence electrons. The van der Waals surface area contributed by atoms with Crippen LogP contribution in [-0.2, 0) is 21.7 Å². The van der Waals surface area contributed by atoms with Gasteiger partial charge in [-0.3, -0.25) is 0 Å². The minimum atomic E-state index is -1.54. The summed E-state index contributed by atoms with van der Waals surface area (Å²) in [5.41, 5.74) is 5.24. The molecule has 0 saturated carbocycles. The molecule has 3 heteroatoms. The molecule has 2 rings (SSSR count). The van der Waals surface area contributed by atoms with E-state index in [1.807, 2.05) is 19.1 Å². The zero-order chi connectivity index (χ0) is 17.7. The van der Waals surface area contributed by atoms with Crippen LogP contribution in [0.15, 0.2) is 54.6 Å². The first kappa shape index (κ1) is 23.3. The molecule has 1 aliphatic carbocycles. The van der Waals surface area contributed by atoms with Gasteiger partial charge in [0.05, 0.1) is 0 Å². The molecule has 0 radical (unpaired) electrons. The molecule has 0 aromatic heterocycles. The minimum absolute atomic E-state index is 0. The number of rotatable bonds is 3. The van der Waals surface area contributed by atoms with Gasteiger partial charge in [0.15, 0.2) is 0 Å². The third-order valence-corrected chi connectivity index (χ3v) is 7.50. The molecule has 0 fully saturated rings. The zero-order valence-corrected chi connectivity index (χ0v) is 19.0. The third kappa shape index (κ3) is 6.68. The van der Waals surface area contributed by atoms with Crippen molar-refractivity contribution in [2.24, 2.45) is 0 Å². The van der Waals surface area contributed by atoms with Crippen molar-refractivity contribution in [3.63, 3.8) is 0 Å². The van der Waals surface area contributed by atoms with E-state index in [0.717, 1.165) is 0 Å². The molecule has 0 bridgehead atoms. The summed E-state index contributed by atoms with van der Waals surface area (Å²) in [4.78, 5) is 3.91. The smallest absolute Gasteiger partial charge is 0.332 e. The minimum Gasteiger partial charge on any atom is -0.332 e. The summed E-state index contributed by atoms with van der Waals surface area (Å²) in [6.45, 7) is 19.4. The summed E-state index contributed by atoms with van der Waals surface area (Å²) in [7, 11) is -1.54. The van der Waals surface area contributed by atoms with Gasteiger partial charge >= 0.3 is 21.7 Å². The van der Waals surface area contributed by atoms with E-state index in [9.17, 15) is 0 Å². The normalized spacial score (nSPS) is 16.6. The maximum absolute atomic E-state index is 3.91. The van der Waals surface area contributed by atoms with Crippen LogP contribution in [0.25, 0.3) is 6.08 Å². The Kier molecular flexibility index (Phi) is 9.45. The molecular weight excluding hydrogens is 342 g/mol. The van der Waals surface area contributed by atoms with Crippen molar-refractivity contribution in [2.45, 2.75) is 58.8 Å². The Balaban J connectivity index is 0.000000777. The van der Waals surface area contributed by atoms with Gasteiger partial charge in [-0.1, -0.05) is 73.8 Å². The van der Waals surface area contributed by atoms with E-state index in [4.69, 9.17) is 0 Å². The van der Waals surface area contributed by atoms with Gasteiger partial charge in [-0.25, -0.2) is 0 Å². The average molecular weight is 375 g/mol. The monoisotopic (exact) mass is 375 g/mol. The fraction of sp³-hybridized carbons (Fsp3) is 0.429. The molecule has 1 N–H and O–H groups in total. The summed E-state index contributed by atoms with van der Waals surface area (Å²) in [6.07, 6.45) is 7.94. The first-order valence-electron chi connectivity index (χ1n) is 8.42. The second-order valence-electron chi connectivity index (χ2n) is 7.81. The number of hydrogen-bond donors (Lipinski definition) is 1. The molecule has 1 aliphatic rings. The Labute approximate surface area is 165 Å². The Bertz CT molecular complexity index is 594. The van der Waals surface area contributed by atoms with Gasteiger partial charge in [0.1, 0.15) is 8.24 Å². The number of allylic oxidation sites excluding steroid dienone is 4. The topological polar surface area (TPSA) is 12.0 Å². The van der Waals surface area contributed by atoms with E-state index in [1.165, 1.54) is 16.7 Å². The maximum Gasteiger partial charge on any atom is 2.00 e. The molecule has 0 amide bonds. The van der Waals surface area contributed by atoms with Crippen molar-refractivity contribution >= 4 is 14.3 Å². The van der Waals surface area contributed by atoms with Crippen LogP contribution < -0.4 is 4.98 Å². The van der Waals surface area contributed by atoms with Gasteiger partial charge in [-0.15, -0.1) is 0 Å². The fourth-order valence-corrected chi connectivity index (χ4v) is 7.95. The van der Waals surface area contributed by atoms with Crippen LogP contribution in [0.3, 0.4) is 0 Å². The van der Waals surface area contributed by atoms with Gasteiger partial charge < -0.3 is 4.98 Å². The summed E-state index contributed by atoms with van der Waals surface area (Å²) in [6, 6.07) is 8.84. The average Bonchev–Trinajstić information content (AvgIpc) is 2.74.